The minimum atomic E-state index is -0.123. The molecule has 1 aromatic carbocycles. The first-order valence-electron chi connectivity index (χ1n) is 9.90. The maximum Gasteiger partial charge on any atom is 0.272 e. The Hall–Kier alpha value is -3.39. The standard InChI is InChI=1S/C22H22ClN5O3/c1-31-20-3-2-15(12-17(20)23)13-21(29)27-8-10-28(11-9-27)22(30)19-14-18(25-26-19)16-4-6-24-7-5-16/h2-7,12,14H,8-11,13H2,1H3,(H,25,26). The molecule has 9 heteroatoms. The topological polar surface area (TPSA) is 91.4 Å². The number of benzene rings is 1. The van der Waals surface area contributed by atoms with Crippen molar-refractivity contribution >= 4 is 23.4 Å². The van der Waals surface area contributed by atoms with Crippen LogP contribution in [0.15, 0.2) is 48.8 Å². The van der Waals surface area contributed by atoms with Crippen LogP contribution >= 0.6 is 11.6 Å². The van der Waals surface area contributed by atoms with Gasteiger partial charge in [-0.1, -0.05) is 17.7 Å². The summed E-state index contributed by atoms with van der Waals surface area (Å²) in [7, 11) is 1.55. The quantitative estimate of drug-likeness (QED) is 0.660. The van der Waals surface area contributed by atoms with E-state index in [0.29, 0.717) is 48.3 Å². The number of nitrogens with one attached hydrogen (secondary N) is 1. The number of pyridine rings is 1. The molecule has 1 fully saturated rings. The first-order chi connectivity index (χ1) is 15.0. The lowest BCUT2D eigenvalue weighted by atomic mass is 10.1. The smallest absolute Gasteiger partial charge is 0.272 e. The number of aromatic amines is 1. The Kier molecular flexibility index (Phi) is 6.18. The van der Waals surface area contributed by atoms with E-state index in [1.807, 2.05) is 18.2 Å². The van der Waals surface area contributed by atoms with Gasteiger partial charge in [0, 0.05) is 44.1 Å². The second-order valence-electron chi connectivity index (χ2n) is 7.22. The predicted molar refractivity (Wildman–Crippen MR) is 116 cm³/mol. The summed E-state index contributed by atoms with van der Waals surface area (Å²) in [6, 6.07) is 10.8. The van der Waals surface area contributed by atoms with Crippen LogP contribution in [0, 0.1) is 0 Å². The number of carbonyl (C=O) groups is 2. The monoisotopic (exact) mass is 439 g/mol. The Bertz CT molecular complexity index is 1080. The summed E-state index contributed by atoms with van der Waals surface area (Å²) in [6.45, 7) is 1.91. The first kappa shape index (κ1) is 20.9. The van der Waals surface area contributed by atoms with Crippen LogP contribution in [-0.4, -0.2) is 70.1 Å². The van der Waals surface area contributed by atoms with Crippen molar-refractivity contribution < 1.29 is 14.3 Å². The van der Waals surface area contributed by atoms with Gasteiger partial charge in [-0.2, -0.15) is 5.10 Å². The van der Waals surface area contributed by atoms with Crippen LogP contribution in [0.1, 0.15) is 16.1 Å². The number of nitrogens with zero attached hydrogens (tertiary/aromatic N) is 4. The highest BCUT2D eigenvalue weighted by Gasteiger charge is 2.26. The molecule has 160 valence electrons. The number of halogens is 1. The van der Waals surface area contributed by atoms with E-state index in [9.17, 15) is 9.59 Å². The summed E-state index contributed by atoms with van der Waals surface area (Å²) in [4.78, 5) is 33.0. The number of piperazine rings is 1. The van der Waals surface area contributed by atoms with Crippen molar-refractivity contribution in [2.75, 3.05) is 33.3 Å². The zero-order valence-corrected chi connectivity index (χ0v) is 17.8. The molecule has 0 atom stereocenters. The average Bonchev–Trinajstić information content (AvgIpc) is 3.30. The number of aromatic nitrogens is 3. The summed E-state index contributed by atoms with van der Waals surface area (Å²) in [6.07, 6.45) is 3.62. The van der Waals surface area contributed by atoms with Gasteiger partial charge in [-0.3, -0.25) is 19.7 Å². The number of hydrogen-bond acceptors (Lipinski definition) is 5. The van der Waals surface area contributed by atoms with Crippen LogP contribution in [-0.2, 0) is 11.2 Å². The summed E-state index contributed by atoms with van der Waals surface area (Å²) >= 11 is 6.15. The van der Waals surface area contributed by atoms with E-state index >= 15 is 0 Å². The number of amides is 2. The Labute approximate surface area is 184 Å². The summed E-state index contributed by atoms with van der Waals surface area (Å²) in [5.74, 6) is 0.465. The van der Waals surface area contributed by atoms with E-state index in [-0.39, 0.29) is 18.2 Å². The molecule has 0 radical (unpaired) electrons. The van der Waals surface area contributed by atoms with Gasteiger partial charge in [0.25, 0.3) is 5.91 Å². The molecule has 2 amide bonds. The molecule has 1 N–H and O–H groups in total. The molecule has 0 bridgehead atoms. The van der Waals surface area contributed by atoms with Crippen LogP contribution < -0.4 is 4.74 Å². The number of hydrogen-bond donors (Lipinski definition) is 1. The third-order valence-corrected chi connectivity index (χ3v) is 5.57. The molecule has 2 aromatic heterocycles. The highest BCUT2D eigenvalue weighted by atomic mass is 35.5. The number of ether oxygens (including phenoxy) is 1. The van der Waals surface area contributed by atoms with Crippen LogP contribution in [0.25, 0.3) is 11.3 Å². The first-order valence-corrected chi connectivity index (χ1v) is 10.3. The molecule has 1 saturated heterocycles. The second-order valence-corrected chi connectivity index (χ2v) is 7.63. The summed E-state index contributed by atoms with van der Waals surface area (Å²) < 4.78 is 5.14. The zero-order valence-electron chi connectivity index (χ0n) is 17.0. The van der Waals surface area contributed by atoms with Gasteiger partial charge in [0.15, 0.2) is 0 Å². The number of H-pyrrole nitrogens is 1. The zero-order chi connectivity index (χ0) is 21.8. The van der Waals surface area contributed by atoms with Crippen LogP contribution in [0.5, 0.6) is 5.75 Å². The highest BCUT2D eigenvalue weighted by Crippen LogP contribution is 2.25. The fraction of sp³-hybridized carbons (Fsp3) is 0.273. The van der Waals surface area contributed by atoms with E-state index in [1.165, 1.54) is 0 Å². The Morgan fingerprint density at radius 2 is 1.77 bits per heavy atom. The van der Waals surface area contributed by atoms with Gasteiger partial charge in [-0.15, -0.1) is 0 Å². The van der Waals surface area contributed by atoms with Gasteiger partial charge in [0.2, 0.25) is 5.91 Å². The van der Waals surface area contributed by atoms with Crippen molar-refractivity contribution in [2.45, 2.75) is 6.42 Å². The van der Waals surface area contributed by atoms with E-state index in [2.05, 4.69) is 15.2 Å². The molecule has 1 aliphatic rings. The molecule has 0 saturated carbocycles. The summed E-state index contributed by atoms with van der Waals surface area (Å²) in [5.41, 5.74) is 2.84. The number of carbonyl (C=O) groups excluding carboxylic acids is 2. The Morgan fingerprint density at radius 3 is 2.45 bits per heavy atom. The molecule has 0 aliphatic carbocycles. The largest absolute Gasteiger partial charge is 0.495 e. The molecular weight excluding hydrogens is 418 g/mol. The molecule has 3 aromatic rings. The molecule has 4 rings (SSSR count). The van der Waals surface area contributed by atoms with E-state index in [1.54, 1.807) is 47.5 Å². The molecule has 31 heavy (non-hydrogen) atoms. The van der Waals surface area contributed by atoms with Crippen molar-refractivity contribution in [3.05, 3.63) is 65.1 Å². The van der Waals surface area contributed by atoms with E-state index < -0.39 is 0 Å². The third kappa shape index (κ3) is 4.69. The Morgan fingerprint density at radius 1 is 1.06 bits per heavy atom. The van der Waals surface area contributed by atoms with Crippen molar-refractivity contribution in [1.82, 2.24) is 25.0 Å². The number of rotatable bonds is 5. The van der Waals surface area contributed by atoms with Crippen LogP contribution in [0.4, 0.5) is 0 Å². The lowest BCUT2D eigenvalue weighted by Gasteiger charge is -2.34. The molecule has 3 heterocycles. The minimum Gasteiger partial charge on any atom is -0.495 e. The van der Waals surface area contributed by atoms with E-state index in [0.717, 1.165) is 11.1 Å². The Balaban J connectivity index is 1.33. The molecule has 0 spiro atoms. The predicted octanol–water partition coefficient (Wildman–Crippen LogP) is 2.66. The van der Waals surface area contributed by atoms with Gasteiger partial charge >= 0.3 is 0 Å². The van der Waals surface area contributed by atoms with E-state index in [4.69, 9.17) is 16.3 Å². The maximum atomic E-state index is 12.8. The van der Waals surface area contributed by atoms with Gasteiger partial charge < -0.3 is 14.5 Å². The van der Waals surface area contributed by atoms with Gasteiger partial charge in [-0.25, -0.2) is 0 Å². The highest BCUT2D eigenvalue weighted by molar-refractivity contribution is 6.32. The lowest BCUT2D eigenvalue weighted by Crippen LogP contribution is -2.51. The lowest BCUT2D eigenvalue weighted by molar-refractivity contribution is -0.131. The van der Waals surface area contributed by atoms with Gasteiger partial charge in [-0.05, 0) is 35.9 Å². The van der Waals surface area contributed by atoms with Crippen molar-refractivity contribution in [1.29, 1.82) is 0 Å². The average molecular weight is 440 g/mol. The van der Waals surface area contributed by atoms with Crippen molar-refractivity contribution in [3.63, 3.8) is 0 Å². The van der Waals surface area contributed by atoms with Gasteiger partial charge in [0.1, 0.15) is 11.4 Å². The van der Waals surface area contributed by atoms with Crippen LogP contribution in [0.2, 0.25) is 5.02 Å². The number of methoxy groups -OCH3 is 1. The molecule has 0 unspecified atom stereocenters. The maximum absolute atomic E-state index is 12.8. The van der Waals surface area contributed by atoms with Gasteiger partial charge in [0.05, 0.1) is 24.2 Å². The second kappa shape index (κ2) is 9.18. The fourth-order valence-electron chi connectivity index (χ4n) is 3.54. The normalized spacial score (nSPS) is 13.9. The third-order valence-electron chi connectivity index (χ3n) is 5.28. The molecular formula is C22H22ClN5O3. The summed E-state index contributed by atoms with van der Waals surface area (Å²) in [5, 5.41) is 7.53. The molecule has 8 nitrogen and oxygen atoms in total. The van der Waals surface area contributed by atoms with Crippen molar-refractivity contribution in [2.24, 2.45) is 0 Å². The fourth-order valence-corrected chi connectivity index (χ4v) is 3.82. The SMILES string of the molecule is COc1ccc(CC(=O)N2CCN(C(=O)c3cc(-c4ccncc4)n[nH]3)CC2)cc1Cl. The van der Waals surface area contributed by atoms with Crippen molar-refractivity contribution in [3.8, 4) is 17.0 Å². The molecule has 1 aliphatic heterocycles. The van der Waals surface area contributed by atoms with Crippen LogP contribution in [0.3, 0.4) is 0 Å². The minimum absolute atomic E-state index is 0.00912.